The Kier molecular flexibility index (Phi) is 7.52. The molecule has 0 aliphatic heterocycles. The maximum Gasteiger partial charge on any atom is 0.336 e. The lowest BCUT2D eigenvalue weighted by atomic mass is 10.1. The number of rotatable bonds is 7. The van der Waals surface area contributed by atoms with Crippen LogP contribution >= 0.6 is 0 Å². The fraction of sp³-hybridized carbons (Fsp3) is 0. The van der Waals surface area contributed by atoms with Gasteiger partial charge in [0.25, 0.3) is 11.4 Å². The van der Waals surface area contributed by atoms with Crippen LogP contribution in [0.15, 0.2) is 48.5 Å². The minimum Gasteiger partial charge on any atom is -0.417 e. The van der Waals surface area contributed by atoms with Crippen molar-refractivity contribution in [2.75, 3.05) is 0 Å². The van der Waals surface area contributed by atoms with Gasteiger partial charge in [0.2, 0.25) is 34.8 Å². The van der Waals surface area contributed by atoms with Crippen LogP contribution in [0, 0.1) is 49.3 Å². The molecule has 0 spiro atoms. The zero-order valence-corrected chi connectivity index (χ0v) is 17.6. The molecule has 3 aromatic carbocycles. The van der Waals surface area contributed by atoms with Gasteiger partial charge >= 0.3 is 5.97 Å². The number of hydrogen-bond acceptors (Lipinski definition) is 6. The predicted molar refractivity (Wildman–Crippen MR) is 116 cm³/mol. The molecule has 0 heterocycles. The van der Waals surface area contributed by atoms with Crippen molar-refractivity contribution in [1.29, 1.82) is 0 Å². The Morgan fingerprint density at radius 1 is 0.722 bits per heavy atom. The standard InChI is InChI=1S/C23H11F5N2O6/c24-18-19(25)21(27)23(22(28)20(18)26)36-17(31)10-6-13-3-1-12(2-4-13)5-7-14-8-9-15(29(32)33)11-16(14)30(34)35/h1-11H/b7-5+,10-6+. The highest BCUT2D eigenvalue weighted by Gasteiger charge is 2.28. The van der Waals surface area contributed by atoms with Gasteiger partial charge in [-0.25, -0.2) is 18.0 Å². The highest BCUT2D eigenvalue weighted by Crippen LogP contribution is 2.29. The third kappa shape index (κ3) is 5.58. The summed E-state index contributed by atoms with van der Waals surface area (Å²) in [6.45, 7) is 0. The van der Waals surface area contributed by atoms with Crippen LogP contribution in [0.4, 0.5) is 33.3 Å². The number of carbonyl (C=O) groups is 1. The molecular weight excluding hydrogens is 495 g/mol. The molecule has 0 bridgehead atoms. The minimum atomic E-state index is -2.39. The third-order valence-corrected chi connectivity index (χ3v) is 4.60. The Hall–Kier alpha value is -4.94. The average molecular weight is 506 g/mol. The normalized spacial score (nSPS) is 11.2. The smallest absolute Gasteiger partial charge is 0.336 e. The van der Waals surface area contributed by atoms with Crippen LogP contribution in [0.3, 0.4) is 0 Å². The molecule has 0 saturated carbocycles. The molecule has 3 aromatic rings. The van der Waals surface area contributed by atoms with E-state index in [9.17, 15) is 47.0 Å². The highest BCUT2D eigenvalue weighted by atomic mass is 19.2. The number of nitro groups is 2. The average Bonchev–Trinajstić information content (AvgIpc) is 2.86. The molecule has 0 aromatic heterocycles. The molecule has 13 heteroatoms. The van der Waals surface area contributed by atoms with E-state index >= 15 is 0 Å². The Labute approximate surface area is 197 Å². The number of hydrogen-bond donors (Lipinski definition) is 0. The van der Waals surface area contributed by atoms with Gasteiger partial charge in [0.1, 0.15) is 0 Å². The number of nitrogens with zero attached hydrogens (tertiary/aromatic N) is 2. The minimum absolute atomic E-state index is 0.116. The topological polar surface area (TPSA) is 113 Å². The van der Waals surface area contributed by atoms with Crippen LogP contribution in [-0.4, -0.2) is 15.8 Å². The number of ether oxygens (including phenoxy) is 1. The number of halogens is 5. The van der Waals surface area contributed by atoms with Gasteiger partial charge in [0, 0.05) is 12.1 Å². The molecular formula is C23H11F5N2O6. The molecule has 36 heavy (non-hydrogen) atoms. The molecule has 0 N–H and O–H groups in total. The molecule has 0 aliphatic carbocycles. The van der Waals surface area contributed by atoms with Crippen molar-refractivity contribution in [2.45, 2.75) is 0 Å². The van der Waals surface area contributed by atoms with Gasteiger partial charge in [-0.1, -0.05) is 30.3 Å². The summed E-state index contributed by atoms with van der Waals surface area (Å²) in [5.74, 6) is -14.6. The summed E-state index contributed by atoms with van der Waals surface area (Å²) < 4.78 is 70.9. The lowest BCUT2D eigenvalue weighted by Gasteiger charge is -2.07. The van der Waals surface area contributed by atoms with Crippen molar-refractivity contribution in [3.63, 3.8) is 0 Å². The number of nitro benzene ring substituents is 2. The Morgan fingerprint density at radius 3 is 1.78 bits per heavy atom. The van der Waals surface area contributed by atoms with Gasteiger partial charge in [-0.05, 0) is 29.3 Å². The molecule has 0 fully saturated rings. The summed E-state index contributed by atoms with van der Waals surface area (Å²) in [4.78, 5) is 32.3. The second-order valence-electron chi connectivity index (χ2n) is 6.91. The van der Waals surface area contributed by atoms with Gasteiger partial charge in [-0.2, -0.15) is 8.78 Å². The van der Waals surface area contributed by atoms with E-state index < -0.39 is 62.0 Å². The molecule has 0 radical (unpaired) electrons. The van der Waals surface area contributed by atoms with Gasteiger partial charge < -0.3 is 4.74 Å². The van der Waals surface area contributed by atoms with E-state index in [0.29, 0.717) is 17.2 Å². The summed E-state index contributed by atoms with van der Waals surface area (Å²) >= 11 is 0. The number of non-ortho nitro benzene ring substituents is 1. The number of benzene rings is 3. The number of esters is 1. The van der Waals surface area contributed by atoms with Crippen LogP contribution in [0.25, 0.3) is 18.2 Å². The van der Waals surface area contributed by atoms with Gasteiger partial charge in [0.05, 0.1) is 21.5 Å². The maximum absolute atomic E-state index is 13.6. The van der Waals surface area contributed by atoms with E-state index in [1.54, 1.807) is 0 Å². The summed E-state index contributed by atoms with van der Waals surface area (Å²) in [5.41, 5.74) is 0.137. The molecule has 8 nitrogen and oxygen atoms in total. The molecule has 0 saturated heterocycles. The fourth-order valence-electron chi connectivity index (χ4n) is 2.82. The predicted octanol–water partition coefficient (Wildman–Crippen LogP) is 5.99. The fourth-order valence-corrected chi connectivity index (χ4v) is 2.82. The SMILES string of the molecule is O=C(/C=C/c1ccc(/C=C/c2ccc([N+](=O)[O-])cc2[N+](=O)[O-])cc1)Oc1c(F)c(F)c(F)c(F)c1F. The first kappa shape index (κ1) is 25.7. The molecule has 3 rings (SSSR count). The van der Waals surface area contributed by atoms with Crippen LogP contribution in [0.2, 0.25) is 0 Å². The molecule has 0 aliphatic rings. The van der Waals surface area contributed by atoms with Gasteiger partial charge in [-0.3, -0.25) is 20.2 Å². The summed E-state index contributed by atoms with van der Waals surface area (Å²) in [6.07, 6.45) is 4.69. The monoisotopic (exact) mass is 506 g/mol. The van der Waals surface area contributed by atoms with Crippen LogP contribution in [0.1, 0.15) is 16.7 Å². The molecule has 0 atom stereocenters. The summed E-state index contributed by atoms with van der Waals surface area (Å²) in [6, 6.07) is 9.19. The van der Waals surface area contributed by atoms with E-state index in [0.717, 1.165) is 18.2 Å². The first-order valence-electron chi connectivity index (χ1n) is 9.62. The van der Waals surface area contributed by atoms with Crippen molar-refractivity contribution in [3.8, 4) is 5.75 Å². The van der Waals surface area contributed by atoms with E-state index in [1.807, 2.05) is 0 Å². The quantitative estimate of drug-likeness (QED) is 0.0448. The van der Waals surface area contributed by atoms with Crippen LogP contribution in [-0.2, 0) is 4.79 Å². The largest absolute Gasteiger partial charge is 0.417 e. The third-order valence-electron chi connectivity index (χ3n) is 4.60. The first-order chi connectivity index (χ1) is 17.0. The van der Waals surface area contributed by atoms with Crippen LogP contribution < -0.4 is 4.74 Å². The Balaban J connectivity index is 1.72. The second kappa shape index (κ2) is 10.5. The van der Waals surface area contributed by atoms with Gasteiger partial charge in [-0.15, -0.1) is 0 Å². The van der Waals surface area contributed by atoms with Crippen molar-refractivity contribution in [3.05, 3.63) is 115 Å². The maximum atomic E-state index is 13.6. The van der Waals surface area contributed by atoms with Crippen molar-refractivity contribution < 1.29 is 41.3 Å². The Morgan fingerprint density at radius 2 is 1.25 bits per heavy atom. The van der Waals surface area contributed by atoms with E-state index in [4.69, 9.17) is 0 Å². The summed E-state index contributed by atoms with van der Waals surface area (Å²) in [7, 11) is 0. The molecule has 0 unspecified atom stereocenters. The van der Waals surface area contributed by atoms with E-state index in [1.165, 1.54) is 42.5 Å². The van der Waals surface area contributed by atoms with E-state index in [2.05, 4.69) is 4.74 Å². The van der Waals surface area contributed by atoms with Gasteiger partial charge in [0.15, 0.2) is 0 Å². The van der Waals surface area contributed by atoms with Crippen molar-refractivity contribution in [2.24, 2.45) is 0 Å². The first-order valence-corrected chi connectivity index (χ1v) is 9.62. The van der Waals surface area contributed by atoms with E-state index in [-0.39, 0.29) is 5.56 Å². The zero-order chi connectivity index (χ0) is 26.6. The molecule has 184 valence electrons. The summed E-state index contributed by atoms with van der Waals surface area (Å²) in [5, 5.41) is 22.0. The molecule has 0 amide bonds. The van der Waals surface area contributed by atoms with Crippen molar-refractivity contribution >= 4 is 35.6 Å². The lowest BCUT2D eigenvalue weighted by molar-refractivity contribution is -0.394. The Bertz CT molecular complexity index is 1410. The number of carbonyl (C=O) groups excluding carboxylic acids is 1. The zero-order valence-electron chi connectivity index (χ0n) is 17.6. The van der Waals surface area contributed by atoms with Crippen molar-refractivity contribution in [1.82, 2.24) is 0 Å². The lowest BCUT2D eigenvalue weighted by Crippen LogP contribution is -2.11. The van der Waals surface area contributed by atoms with Crippen LogP contribution in [0.5, 0.6) is 5.75 Å². The second-order valence-corrected chi connectivity index (χ2v) is 6.91. The highest BCUT2D eigenvalue weighted by molar-refractivity contribution is 5.88.